The Morgan fingerprint density at radius 1 is 1.36 bits per heavy atom. The zero-order chi connectivity index (χ0) is 16.4. The van der Waals surface area contributed by atoms with Crippen LogP contribution in [0, 0.1) is 16.7 Å². The van der Waals surface area contributed by atoms with E-state index in [9.17, 15) is 9.59 Å². The predicted octanol–water partition coefficient (Wildman–Crippen LogP) is 0.583. The van der Waals surface area contributed by atoms with Crippen LogP contribution in [-0.4, -0.2) is 40.2 Å². The van der Waals surface area contributed by atoms with E-state index in [-0.39, 0.29) is 23.1 Å². The molecule has 0 spiro atoms. The van der Waals surface area contributed by atoms with Crippen molar-refractivity contribution in [3.8, 4) is 0 Å². The van der Waals surface area contributed by atoms with Gasteiger partial charge in [-0.3, -0.25) is 14.3 Å². The molecule has 1 saturated carbocycles. The SMILES string of the molecule is CNC(=O)[C@H]1CC[C@@](C)(C(=O)NCCn2cncn2)C1(C)C. The van der Waals surface area contributed by atoms with Gasteiger partial charge in [0.15, 0.2) is 0 Å². The van der Waals surface area contributed by atoms with Crippen molar-refractivity contribution in [2.45, 2.75) is 40.2 Å². The molecule has 122 valence electrons. The normalized spacial score (nSPS) is 26.6. The molecule has 1 heterocycles. The number of nitrogens with zero attached hydrogens (tertiary/aromatic N) is 3. The van der Waals surface area contributed by atoms with E-state index in [0.717, 1.165) is 6.42 Å². The van der Waals surface area contributed by atoms with E-state index >= 15 is 0 Å². The van der Waals surface area contributed by atoms with E-state index in [1.807, 2.05) is 20.8 Å². The van der Waals surface area contributed by atoms with Crippen LogP contribution in [0.3, 0.4) is 0 Å². The summed E-state index contributed by atoms with van der Waals surface area (Å²) in [4.78, 5) is 28.6. The van der Waals surface area contributed by atoms with Gasteiger partial charge in [-0.2, -0.15) is 5.10 Å². The summed E-state index contributed by atoms with van der Waals surface area (Å²) < 4.78 is 1.68. The van der Waals surface area contributed by atoms with Crippen molar-refractivity contribution >= 4 is 11.8 Å². The van der Waals surface area contributed by atoms with Gasteiger partial charge in [0.25, 0.3) is 0 Å². The van der Waals surface area contributed by atoms with Gasteiger partial charge in [0.1, 0.15) is 12.7 Å². The number of carbonyl (C=O) groups excluding carboxylic acids is 2. The number of rotatable bonds is 5. The van der Waals surface area contributed by atoms with Gasteiger partial charge in [0.05, 0.1) is 12.0 Å². The molecule has 0 aliphatic heterocycles. The Balaban J connectivity index is 2.00. The molecule has 1 aliphatic carbocycles. The number of carbonyl (C=O) groups is 2. The van der Waals surface area contributed by atoms with Crippen molar-refractivity contribution in [1.82, 2.24) is 25.4 Å². The van der Waals surface area contributed by atoms with Gasteiger partial charge in [0, 0.05) is 19.5 Å². The highest BCUT2D eigenvalue weighted by Crippen LogP contribution is 2.56. The van der Waals surface area contributed by atoms with E-state index in [1.165, 1.54) is 6.33 Å². The molecule has 7 heteroatoms. The molecule has 2 N–H and O–H groups in total. The summed E-state index contributed by atoms with van der Waals surface area (Å²) in [5, 5.41) is 9.69. The van der Waals surface area contributed by atoms with Gasteiger partial charge in [-0.15, -0.1) is 0 Å². The largest absolute Gasteiger partial charge is 0.359 e. The summed E-state index contributed by atoms with van der Waals surface area (Å²) in [5.74, 6) is -0.114. The summed E-state index contributed by atoms with van der Waals surface area (Å²) in [6.45, 7) is 7.06. The molecule has 0 radical (unpaired) electrons. The van der Waals surface area contributed by atoms with Crippen LogP contribution < -0.4 is 10.6 Å². The van der Waals surface area contributed by atoms with E-state index in [1.54, 1.807) is 18.1 Å². The second-order valence-corrected chi connectivity index (χ2v) is 6.67. The van der Waals surface area contributed by atoms with E-state index < -0.39 is 5.41 Å². The van der Waals surface area contributed by atoms with Gasteiger partial charge in [0.2, 0.25) is 11.8 Å². The molecule has 22 heavy (non-hydrogen) atoms. The van der Waals surface area contributed by atoms with Crippen molar-refractivity contribution in [3.63, 3.8) is 0 Å². The highest BCUT2D eigenvalue weighted by molar-refractivity contribution is 5.87. The first-order chi connectivity index (χ1) is 10.3. The summed E-state index contributed by atoms with van der Waals surface area (Å²) in [7, 11) is 1.65. The maximum Gasteiger partial charge on any atom is 0.226 e. The van der Waals surface area contributed by atoms with Crippen molar-refractivity contribution in [3.05, 3.63) is 12.7 Å². The van der Waals surface area contributed by atoms with Crippen molar-refractivity contribution in [2.75, 3.05) is 13.6 Å². The van der Waals surface area contributed by atoms with Crippen LogP contribution in [0.2, 0.25) is 0 Å². The third kappa shape index (κ3) is 2.71. The van der Waals surface area contributed by atoms with Crippen LogP contribution >= 0.6 is 0 Å². The van der Waals surface area contributed by atoms with Crippen molar-refractivity contribution in [2.24, 2.45) is 16.7 Å². The fourth-order valence-corrected chi connectivity index (χ4v) is 3.37. The zero-order valence-electron chi connectivity index (χ0n) is 13.7. The molecule has 0 unspecified atom stereocenters. The Labute approximate surface area is 130 Å². The van der Waals surface area contributed by atoms with E-state index in [2.05, 4.69) is 20.7 Å². The third-order valence-electron chi connectivity index (χ3n) is 5.38. The highest BCUT2D eigenvalue weighted by Gasteiger charge is 2.57. The van der Waals surface area contributed by atoms with Gasteiger partial charge >= 0.3 is 0 Å². The molecule has 2 atom stereocenters. The van der Waals surface area contributed by atoms with E-state index in [4.69, 9.17) is 0 Å². The molecular weight excluding hydrogens is 282 g/mol. The molecule has 1 fully saturated rings. The van der Waals surface area contributed by atoms with Gasteiger partial charge in [-0.25, -0.2) is 4.98 Å². The average molecular weight is 307 g/mol. The fraction of sp³-hybridized carbons (Fsp3) is 0.733. The lowest BCUT2D eigenvalue weighted by molar-refractivity contribution is -0.138. The molecule has 0 saturated heterocycles. The van der Waals surface area contributed by atoms with Crippen LogP contribution in [0.4, 0.5) is 0 Å². The van der Waals surface area contributed by atoms with Crippen molar-refractivity contribution < 1.29 is 9.59 Å². The standard InChI is InChI=1S/C15H25N5O2/c1-14(2)11(12(21)16-4)5-6-15(14,3)13(22)18-7-8-20-10-17-9-19-20/h9-11H,5-8H2,1-4H3,(H,16,21)(H,18,22)/t11-,15+/m1/s1. The molecule has 1 aliphatic rings. The molecule has 7 nitrogen and oxygen atoms in total. The lowest BCUT2D eigenvalue weighted by atomic mass is 9.65. The van der Waals surface area contributed by atoms with Crippen LogP contribution in [0.15, 0.2) is 12.7 Å². The smallest absolute Gasteiger partial charge is 0.226 e. The molecule has 1 aromatic rings. The number of hydrogen-bond acceptors (Lipinski definition) is 4. The minimum atomic E-state index is -0.549. The average Bonchev–Trinajstić information content (AvgIpc) is 3.06. The highest BCUT2D eigenvalue weighted by atomic mass is 16.2. The zero-order valence-corrected chi connectivity index (χ0v) is 13.7. The first-order valence-corrected chi connectivity index (χ1v) is 7.65. The second kappa shape index (κ2) is 6.06. The lowest BCUT2D eigenvalue weighted by Crippen LogP contribution is -2.49. The molecule has 2 rings (SSSR count). The summed E-state index contributed by atoms with van der Waals surface area (Å²) in [5.41, 5.74) is -0.934. The number of hydrogen-bond donors (Lipinski definition) is 2. The monoisotopic (exact) mass is 307 g/mol. The number of nitrogens with one attached hydrogen (secondary N) is 2. The molecule has 0 bridgehead atoms. The molecule has 0 aromatic carbocycles. The Morgan fingerprint density at radius 2 is 2.09 bits per heavy atom. The first-order valence-electron chi connectivity index (χ1n) is 7.65. The number of amides is 2. The maximum absolute atomic E-state index is 12.7. The van der Waals surface area contributed by atoms with Crippen LogP contribution in [0.1, 0.15) is 33.6 Å². The Kier molecular flexibility index (Phi) is 4.53. The maximum atomic E-state index is 12.7. The third-order valence-corrected chi connectivity index (χ3v) is 5.38. The Hall–Kier alpha value is -1.92. The minimum Gasteiger partial charge on any atom is -0.359 e. The van der Waals surface area contributed by atoms with Crippen LogP contribution in [-0.2, 0) is 16.1 Å². The van der Waals surface area contributed by atoms with Crippen LogP contribution in [0.5, 0.6) is 0 Å². The molecular formula is C15H25N5O2. The summed E-state index contributed by atoms with van der Waals surface area (Å²) in [6, 6.07) is 0. The van der Waals surface area contributed by atoms with Gasteiger partial charge in [-0.1, -0.05) is 20.8 Å². The quantitative estimate of drug-likeness (QED) is 0.833. The lowest BCUT2D eigenvalue weighted by Gasteiger charge is -2.39. The Morgan fingerprint density at radius 3 is 2.68 bits per heavy atom. The molecule has 2 amide bonds. The first kappa shape index (κ1) is 16.5. The fourth-order valence-electron chi connectivity index (χ4n) is 3.37. The second-order valence-electron chi connectivity index (χ2n) is 6.67. The van der Waals surface area contributed by atoms with Crippen molar-refractivity contribution in [1.29, 1.82) is 0 Å². The minimum absolute atomic E-state index is 0.00372. The Bertz CT molecular complexity index is 540. The predicted molar refractivity (Wildman–Crippen MR) is 81.7 cm³/mol. The van der Waals surface area contributed by atoms with Gasteiger partial charge < -0.3 is 10.6 Å². The van der Waals surface area contributed by atoms with E-state index in [0.29, 0.717) is 19.5 Å². The van der Waals surface area contributed by atoms with Crippen LogP contribution in [0.25, 0.3) is 0 Å². The topological polar surface area (TPSA) is 88.9 Å². The van der Waals surface area contributed by atoms with Gasteiger partial charge in [-0.05, 0) is 18.3 Å². The molecule has 1 aromatic heterocycles. The summed E-state index contributed by atoms with van der Waals surface area (Å²) in [6.07, 6.45) is 4.54. The summed E-state index contributed by atoms with van der Waals surface area (Å²) >= 11 is 0. The number of aromatic nitrogens is 3.